The van der Waals surface area contributed by atoms with E-state index in [1.807, 2.05) is 26.0 Å². The fraction of sp³-hybridized carbons (Fsp3) is 0.278. The van der Waals surface area contributed by atoms with Gasteiger partial charge in [-0.2, -0.15) is 12.7 Å². The molecule has 1 N–H and O–H groups in total. The van der Waals surface area contributed by atoms with Gasteiger partial charge in [-0.05, 0) is 61.4 Å². The quantitative estimate of drug-likeness (QED) is 0.839. The minimum Gasteiger partial charge on any atom is -0.325 e. The van der Waals surface area contributed by atoms with Gasteiger partial charge in [-0.3, -0.25) is 4.79 Å². The highest BCUT2D eigenvalue weighted by Gasteiger charge is 2.27. The van der Waals surface area contributed by atoms with Crippen LogP contribution in [0.1, 0.15) is 11.1 Å². The van der Waals surface area contributed by atoms with Crippen LogP contribution in [-0.2, 0) is 15.0 Å². The first-order valence-electron chi connectivity index (χ1n) is 7.94. The van der Waals surface area contributed by atoms with Crippen molar-refractivity contribution in [2.75, 3.05) is 30.3 Å². The van der Waals surface area contributed by atoms with Gasteiger partial charge in [-0.1, -0.05) is 6.07 Å². The van der Waals surface area contributed by atoms with E-state index < -0.39 is 28.5 Å². The van der Waals surface area contributed by atoms with E-state index in [1.165, 1.54) is 26.2 Å². The number of carbonyl (C=O) groups is 1. The van der Waals surface area contributed by atoms with Crippen molar-refractivity contribution in [3.63, 3.8) is 0 Å². The lowest BCUT2D eigenvalue weighted by molar-refractivity contribution is -0.114. The standard InChI is InChI=1S/C18H22FN3O3S/c1-13-5-8-16(11-14(13)2)20-18(23)12-22(26(24,25)21(3)4)17-9-6-15(19)7-10-17/h5-11H,12H2,1-4H3,(H,20,23). The predicted octanol–water partition coefficient (Wildman–Crippen LogP) is 2.69. The molecule has 140 valence electrons. The molecule has 0 saturated heterocycles. The van der Waals surface area contributed by atoms with Crippen LogP contribution < -0.4 is 9.62 Å². The van der Waals surface area contributed by atoms with Crippen LogP contribution in [0, 0.1) is 19.7 Å². The minimum atomic E-state index is -3.92. The average molecular weight is 379 g/mol. The third-order valence-corrected chi connectivity index (χ3v) is 5.75. The van der Waals surface area contributed by atoms with Crippen LogP contribution in [0.3, 0.4) is 0 Å². The van der Waals surface area contributed by atoms with Crippen LogP contribution in [0.4, 0.5) is 15.8 Å². The first-order valence-corrected chi connectivity index (χ1v) is 9.34. The Morgan fingerprint density at radius 3 is 2.19 bits per heavy atom. The number of hydrogen-bond donors (Lipinski definition) is 1. The number of hydrogen-bond acceptors (Lipinski definition) is 3. The molecule has 0 atom stereocenters. The molecule has 0 saturated carbocycles. The molecular weight excluding hydrogens is 357 g/mol. The summed E-state index contributed by atoms with van der Waals surface area (Å²) in [6.07, 6.45) is 0. The molecule has 0 unspecified atom stereocenters. The van der Waals surface area contributed by atoms with Crippen molar-refractivity contribution in [3.8, 4) is 0 Å². The Morgan fingerprint density at radius 2 is 1.65 bits per heavy atom. The number of carbonyl (C=O) groups excluding carboxylic acids is 1. The Balaban J connectivity index is 2.27. The second-order valence-electron chi connectivity index (χ2n) is 6.12. The van der Waals surface area contributed by atoms with Gasteiger partial charge in [0.2, 0.25) is 5.91 Å². The highest BCUT2D eigenvalue weighted by Crippen LogP contribution is 2.20. The molecule has 6 nitrogen and oxygen atoms in total. The van der Waals surface area contributed by atoms with E-state index in [0.717, 1.165) is 31.9 Å². The summed E-state index contributed by atoms with van der Waals surface area (Å²) < 4.78 is 40.3. The normalized spacial score (nSPS) is 11.5. The lowest BCUT2D eigenvalue weighted by Crippen LogP contribution is -2.44. The largest absolute Gasteiger partial charge is 0.325 e. The van der Waals surface area contributed by atoms with Crippen molar-refractivity contribution >= 4 is 27.5 Å². The van der Waals surface area contributed by atoms with Crippen molar-refractivity contribution in [1.29, 1.82) is 0 Å². The smallest absolute Gasteiger partial charge is 0.304 e. The van der Waals surface area contributed by atoms with Crippen molar-refractivity contribution in [3.05, 3.63) is 59.4 Å². The SMILES string of the molecule is Cc1ccc(NC(=O)CN(c2ccc(F)cc2)S(=O)(=O)N(C)C)cc1C. The molecule has 2 aromatic rings. The first-order chi connectivity index (χ1) is 12.1. The van der Waals surface area contributed by atoms with Crippen LogP contribution >= 0.6 is 0 Å². The van der Waals surface area contributed by atoms with Crippen molar-refractivity contribution in [2.24, 2.45) is 0 Å². The average Bonchev–Trinajstić information content (AvgIpc) is 2.57. The van der Waals surface area contributed by atoms with Crippen LogP contribution in [-0.4, -0.2) is 39.3 Å². The summed E-state index contributed by atoms with van der Waals surface area (Å²) in [5.74, 6) is -0.987. The Hall–Kier alpha value is -2.45. The monoisotopic (exact) mass is 379 g/mol. The molecule has 2 rings (SSSR count). The molecule has 26 heavy (non-hydrogen) atoms. The molecule has 0 bridgehead atoms. The molecule has 0 aliphatic carbocycles. The molecule has 0 spiro atoms. The van der Waals surface area contributed by atoms with Gasteiger partial charge in [0.1, 0.15) is 12.4 Å². The maximum Gasteiger partial charge on any atom is 0.304 e. The van der Waals surface area contributed by atoms with Gasteiger partial charge in [-0.25, -0.2) is 8.70 Å². The van der Waals surface area contributed by atoms with Gasteiger partial charge in [0.25, 0.3) is 0 Å². The predicted molar refractivity (Wildman–Crippen MR) is 101 cm³/mol. The van der Waals surface area contributed by atoms with Crippen molar-refractivity contribution in [1.82, 2.24) is 4.31 Å². The van der Waals surface area contributed by atoms with Gasteiger partial charge >= 0.3 is 10.2 Å². The van der Waals surface area contributed by atoms with E-state index in [9.17, 15) is 17.6 Å². The summed E-state index contributed by atoms with van der Waals surface area (Å²) in [5, 5.41) is 2.69. The maximum atomic E-state index is 13.2. The van der Waals surface area contributed by atoms with Crippen LogP contribution in [0.2, 0.25) is 0 Å². The molecule has 0 aliphatic rings. The lowest BCUT2D eigenvalue weighted by atomic mass is 10.1. The highest BCUT2D eigenvalue weighted by atomic mass is 32.2. The third kappa shape index (κ3) is 4.59. The first kappa shape index (κ1) is 19.9. The van der Waals surface area contributed by atoms with Gasteiger partial charge < -0.3 is 5.32 Å². The summed E-state index contributed by atoms with van der Waals surface area (Å²) >= 11 is 0. The van der Waals surface area contributed by atoms with E-state index in [0.29, 0.717) is 5.69 Å². The minimum absolute atomic E-state index is 0.204. The van der Waals surface area contributed by atoms with Crippen LogP contribution in [0.15, 0.2) is 42.5 Å². The van der Waals surface area contributed by atoms with Gasteiger partial charge in [0.15, 0.2) is 0 Å². The molecule has 8 heteroatoms. The topological polar surface area (TPSA) is 69.7 Å². The van der Waals surface area contributed by atoms with E-state index >= 15 is 0 Å². The number of halogens is 1. The number of amides is 1. The maximum absolute atomic E-state index is 13.2. The Bertz CT molecular complexity index is 896. The summed E-state index contributed by atoms with van der Waals surface area (Å²) in [6, 6.07) is 10.4. The van der Waals surface area contributed by atoms with E-state index in [4.69, 9.17) is 0 Å². The Kier molecular flexibility index (Phi) is 5.99. The molecule has 0 aliphatic heterocycles. The fourth-order valence-electron chi connectivity index (χ4n) is 2.26. The number of aryl methyl sites for hydroxylation is 2. The molecule has 0 radical (unpaired) electrons. The number of anilines is 2. The second kappa shape index (κ2) is 7.84. The molecular formula is C18H22FN3O3S. The van der Waals surface area contributed by atoms with E-state index in [-0.39, 0.29) is 5.69 Å². The molecule has 0 aromatic heterocycles. The van der Waals surface area contributed by atoms with Crippen molar-refractivity contribution < 1.29 is 17.6 Å². The zero-order valence-electron chi connectivity index (χ0n) is 15.2. The lowest BCUT2D eigenvalue weighted by Gasteiger charge is -2.27. The zero-order chi connectivity index (χ0) is 19.5. The molecule has 0 fully saturated rings. The number of nitrogens with one attached hydrogen (secondary N) is 1. The second-order valence-corrected chi connectivity index (χ2v) is 8.19. The molecule has 1 amide bonds. The summed E-state index contributed by atoms with van der Waals surface area (Å²) in [4.78, 5) is 12.4. The molecule has 0 heterocycles. The summed E-state index contributed by atoms with van der Waals surface area (Å²) in [6.45, 7) is 3.45. The fourth-order valence-corrected chi connectivity index (χ4v) is 3.32. The summed E-state index contributed by atoms with van der Waals surface area (Å²) in [7, 11) is -1.19. The number of benzene rings is 2. The third-order valence-electron chi connectivity index (χ3n) is 3.93. The number of nitrogens with zero attached hydrogens (tertiary/aromatic N) is 2. The van der Waals surface area contributed by atoms with Crippen LogP contribution in [0.5, 0.6) is 0 Å². The summed E-state index contributed by atoms with van der Waals surface area (Å²) in [5.41, 5.74) is 2.89. The van der Waals surface area contributed by atoms with Crippen LogP contribution in [0.25, 0.3) is 0 Å². The van der Waals surface area contributed by atoms with E-state index in [2.05, 4.69) is 5.32 Å². The van der Waals surface area contributed by atoms with Gasteiger partial charge in [-0.15, -0.1) is 0 Å². The Morgan fingerprint density at radius 1 is 1.04 bits per heavy atom. The van der Waals surface area contributed by atoms with Gasteiger partial charge in [0.05, 0.1) is 5.69 Å². The zero-order valence-corrected chi connectivity index (χ0v) is 16.0. The van der Waals surface area contributed by atoms with E-state index in [1.54, 1.807) is 6.07 Å². The Labute approximate surface area is 153 Å². The number of rotatable bonds is 6. The highest BCUT2D eigenvalue weighted by molar-refractivity contribution is 7.90. The molecule has 2 aromatic carbocycles. The van der Waals surface area contributed by atoms with Gasteiger partial charge in [0, 0.05) is 19.8 Å². The van der Waals surface area contributed by atoms with Crippen molar-refractivity contribution in [2.45, 2.75) is 13.8 Å².